The van der Waals surface area contributed by atoms with Crippen LogP contribution in [0.25, 0.3) is 0 Å². The number of nitrogens with zero attached hydrogens (tertiary/aromatic N) is 2. The molecule has 0 aliphatic carbocycles. The van der Waals surface area contributed by atoms with Gasteiger partial charge in [0, 0.05) is 44.2 Å². The predicted molar refractivity (Wildman–Crippen MR) is 64.1 cm³/mol. The summed E-state index contributed by atoms with van der Waals surface area (Å²) in [4.78, 5) is 0. The number of hydrogen-bond donors (Lipinski definition) is 1. The number of nitrogens with one attached hydrogen (secondary N) is 1. The van der Waals surface area contributed by atoms with Crippen molar-refractivity contribution in [2.75, 3.05) is 24.6 Å². The van der Waals surface area contributed by atoms with Crippen LogP contribution >= 0.6 is 0 Å². The Morgan fingerprint density at radius 1 is 1.44 bits per heavy atom. The Bertz CT molecular complexity index is 411. The minimum atomic E-state index is -2.84. The lowest BCUT2D eigenvalue weighted by atomic mass is 10.3. The van der Waals surface area contributed by atoms with Gasteiger partial charge in [-0.1, -0.05) is 6.92 Å². The van der Waals surface area contributed by atoms with Crippen LogP contribution in [-0.2, 0) is 23.3 Å². The molecule has 1 aromatic rings. The monoisotopic (exact) mass is 245 g/mol. The van der Waals surface area contributed by atoms with E-state index in [2.05, 4.69) is 10.4 Å². The SMILES string of the molecule is CCS(=O)(=O)CCNCCc1ccnn1C. The molecule has 0 bridgehead atoms. The van der Waals surface area contributed by atoms with Gasteiger partial charge in [0.25, 0.3) is 0 Å². The fraction of sp³-hybridized carbons (Fsp3) is 0.700. The summed E-state index contributed by atoms with van der Waals surface area (Å²) in [5, 5.41) is 7.18. The molecule has 0 amide bonds. The smallest absolute Gasteiger partial charge is 0.151 e. The van der Waals surface area contributed by atoms with Gasteiger partial charge < -0.3 is 5.32 Å². The molecule has 0 saturated carbocycles. The Balaban J connectivity index is 2.16. The summed E-state index contributed by atoms with van der Waals surface area (Å²) in [6, 6.07) is 1.96. The topological polar surface area (TPSA) is 64.0 Å². The zero-order valence-electron chi connectivity index (χ0n) is 9.81. The third-order valence-corrected chi connectivity index (χ3v) is 4.22. The number of rotatable bonds is 7. The fourth-order valence-electron chi connectivity index (χ4n) is 1.36. The zero-order valence-corrected chi connectivity index (χ0v) is 10.6. The van der Waals surface area contributed by atoms with Crippen molar-refractivity contribution in [3.05, 3.63) is 18.0 Å². The fourth-order valence-corrected chi connectivity index (χ4v) is 2.10. The van der Waals surface area contributed by atoms with Crippen molar-refractivity contribution in [1.29, 1.82) is 0 Å². The van der Waals surface area contributed by atoms with Crippen molar-refractivity contribution in [1.82, 2.24) is 15.1 Å². The van der Waals surface area contributed by atoms with E-state index in [4.69, 9.17) is 0 Å². The Morgan fingerprint density at radius 2 is 2.19 bits per heavy atom. The second kappa shape index (κ2) is 6.00. The molecular weight excluding hydrogens is 226 g/mol. The highest BCUT2D eigenvalue weighted by Crippen LogP contribution is 1.96. The minimum Gasteiger partial charge on any atom is -0.315 e. The lowest BCUT2D eigenvalue weighted by molar-refractivity contribution is 0.590. The second-order valence-corrected chi connectivity index (χ2v) is 6.16. The van der Waals surface area contributed by atoms with E-state index in [1.54, 1.807) is 13.1 Å². The molecule has 0 aliphatic heterocycles. The van der Waals surface area contributed by atoms with E-state index < -0.39 is 9.84 Å². The second-order valence-electron chi connectivity index (χ2n) is 3.68. The molecule has 92 valence electrons. The van der Waals surface area contributed by atoms with Crippen molar-refractivity contribution in [3.8, 4) is 0 Å². The number of aryl methyl sites for hydroxylation is 1. The summed E-state index contributed by atoms with van der Waals surface area (Å²) in [6.07, 6.45) is 2.62. The summed E-state index contributed by atoms with van der Waals surface area (Å²) in [5.74, 6) is 0.436. The summed E-state index contributed by atoms with van der Waals surface area (Å²) >= 11 is 0. The quantitative estimate of drug-likeness (QED) is 0.686. The van der Waals surface area contributed by atoms with Crippen molar-refractivity contribution in [2.24, 2.45) is 7.05 Å². The maximum atomic E-state index is 11.2. The molecule has 0 aromatic carbocycles. The van der Waals surface area contributed by atoms with Gasteiger partial charge in [-0.2, -0.15) is 5.10 Å². The molecule has 1 heterocycles. The number of hydrogen-bond acceptors (Lipinski definition) is 4. The first-order valence-corrected chi connectivity index (χ1v) is 7.25. The number of sulfone groups is 1. The van der Waals surface area contributed by atoms with Gasteiger partial charge in [-0.05, 0) is 6.07 Å². The molecule has 0 atom stereocenters. The van der Waals surface area contributed by atoms with Crippen LogP contribution < -0.4 is 5.32 Å². The van der Waals surface area contributed by atoms with Crippen molar-refractivity contribution in [3.63, 3.8) is 0 Å². The lowest BCUT2D eigenvalue weighted by Gasteiger charge is -2.05. The van der Waals surface area contributed by atoms with Gasteiger partial charge in [0.2, 0.25) is 0 Å². The van der Waals surface area contributed by atoms with E-state index in [1.807, 2.05) is 17.8 Å². The highest BCUT2D eigenvalue weighted by molar-refractivity contribution is 7.91. The molecule has 5 nitrogen and oxygen atoms in total. The van der Waals surface area contributed by atoms with Crippen LogP contribution in [-0.4, -0.2) is 42.8 Å². The lowest BCUT2D eigenvalue weighted by Crippen LogP contribution is -2.26. The maximum absolute atomic E-state index is 11.2. The molecule has 1 N–H and O–H groups in total. The summed E-state index contributed by atoms with van der Waals surface area (Å²) in [5.41, 5.74) is 1.14. The first kappa shape index (κ1) is 13.2. The van der Waals surface area contributed by atoms with Crippen LogP contribution in [0.4, 0.5) is 0 Å². The van der Waals surface area contributed by atoms with Gasteiger partial charge in [0.05, 0.1) is 5.75 Å². The number of aromatic nitrogens is 2. The van der Waals surface area contributed by atoms with Gasteiger partial charge in [-0.3, -0.25) is 4.68 Å². The first-order chi connectivity index (χ1) is 7.55. The average Bonchev–Trinajstić information content (AvgIpc) is 2.64. The molecular formula is C10H19N3O2S. The van der Waals surface area contributed by atoms with E-state index in [0.717, 1.165) is 18.7 Å². The molecule has 0 radical (unpaired) electrons. The Labute approximate surface area is 96.8 Å². The van der Waals surface area contributed by atoms with E-state index in [9.17, 15) is 8.42 Å². The van der Waals surface area contributed by atoms with Crippen LogP contribution in [0.1, 0.15) is 12.6 Å². The molecule has 0 aliphatic rings. The van der Waals surface area contributed by atoms with Gasteiger partial charge in [-0.25, -0.2) is 8.42 Å². The molecule has 0 spiro atoms. The van der Waals surface area contributed by atoms with E-state index in [1.165, 1.54) is 0 Å². The summed E-state index contributed by atoms with van der Waals surface area (Å²) < 4.78 is 24.2. The molecule has 6 heteroatoms. The largest absolute Gasteiger partial charge is 0.315 e. The third-order valence-electron chi connectivity index (χ3n) is 2.51. The van der Waals surface area contributed by atoms with Crippen LogP contribution in [0.3, 0.4) is 0 Å². The molecule has 1 rings (SSSR count). The maximum Gasteiger partial charge on any atom is 0.151 e. The van der Waals surface area contributed by atoms with E-state index in [0.29, 0.717) is 6.54 Å². The van der Waals surface area contributed by atoms with Gasteiger partial charge in [0.1, 0.15) is 0 Å². The minimum absolute atomic E-state index is 0.217. The molecule has 0 fully saturated rings. The molecule has 0 saturated heterocycles. The Kier molecular flexibility index (Phi) is 4.95. The highest BCUT2D eigenvalue weighted by atomic mass is 32.2. The zero-order chi connectivity index (χ0) is 12.0. The predicted octanol–water partition coefficient (Wildman–Crippen LogP) is -0.0131. The van der Waals surface area contributed by atoms with Crippen molar-refractivity contribution < 1.29 is 8.42 Å². The van der Waals surface area contributed by atoms with Crippen LogP contribution in [0.5, 0.6) is 0 Å². The summed E-state index contributed by atoms with van der Waals surface area (Å²) in [6.45, 7) is 2.97. The normalized spacial score (nSPS) is 11.9. The highest BCUT2D eigenvalue weighted by Gasteiger charge is 2.05. The van der Waals surface area contributed by atoms with E-state index in [-0.39, 0.29) is 11.5 Å². The van der Waals surface area contributed by atoms with Gasteiger partial charge in [0.15, 0.2) is 9.84 Å². The van der Waals surface area contributed by atoms with E-state index >= 15 is 0 Å². The average molecular weight is 245 g/mol. The van der Waals surface area contributed by atoms with Crippen molar-refractivity contribution >= 4 is 9.84 Å². The molecule has 1 aromatic heterocycles. The van der Waals surface area contributed by atoms with Crippen LogP contribution in [0.15, 0.2) is 12.3 Å². The van der Waals surface area contributed by atoms with Gasteiger partial charge >= 0.3 is 0 Å². The Morgan fingerprint density at radius 3 is 2.75 bits per heavy atom. The standard InChI is InChI=1S/C10H19N3O2S/c1-3-16(14,15)9-8-11-6-4-10-5-7-12-13(10)2/h5,7,11H,3-4,6,8-9H2,1-2H3. The third kappa shape index (κ3) is 4.32. The van der Waals surface area contributed by atoms with Gasteiger partial charge in [-0.15, -0.1) is 0 Å². The van der Waals surface area contributed by atoms with Crippen LogP contribution in [0, 0.1) is 0 Å². The van der Waals surface area contributed by atoms with Crippen molar-refractivity contribution in [2.45, 2.75) is 13.3 Å². The Hall–Kier alpha value is -0.880. The first-order valence-electron chi connectivity index (χ1n) is 5.43. The summed E-state index contributed by atoms with van der Waals surface area (Å²) in [7, 11) is -0.942. The van der Waals surface area contributed by atoms with Crippen LogP contribution in [0.2, 0.25) is 0 Å². The molecule has 0 unspecified atom stereocenters. The molecule has 16 heavy (non-hydrogen) atoms.